The average Bonchev–Trinajstić information content (AvgIpc) is 3.27. The van der Waals surface area contributed by atoms with Crippen LogP contribution in [0.25, 0.3) is 0 Å². The zero-order chi connectivity index (χ0) is 45.1. The van der Waals surface area contributed by atoms with Gasteiger partial charge in [0.15, 0.2) is 6.10 Å². The van der Waals surface area contributed by atoms with Gasteiger partial charge in [0.25, 0.3) is 0 Å². The third kappa shape index (κ3) is 47.1. The van der Waals surface area contributed by atoms with E-state index in [0.29, 0.717) is 12.8 Å². The molecule has 0 aromatic heterocycles. The molecule has 0 aliphatic carbocycles. The third-order valence-corrected chi connectivity index (χ3v) is 10.0. The lowest BCUT2D eigenvalue weighted by Gasteiger charge is -2.18. The highest BCUT2D eigenvalue weighted by Crippen LogP contribution is 2.14. The van der Waals surface area contributed by atoms with Gasteiger partial charge in [0.1, 0.15) is 13.2 Å². The van der Waals surface area contributed by atoms with Gasteiger partial charge in [-0.2, -0.15) is 0 Å². The quantitative estimate of drug-likeness (QED) is 0.0263. The fourth-order valence-electron chi connectivity index (χ4n) is 6.41. The molecule has 1 unspecified atom stereocenters. The molecular formula is C56H90O6. The van der Waals surface area contributed by atoms with Crippen LogP contribution in [-0.2, 0) is 28.6 Å². The standard InChI is InChI=1S/C56H90O6/c1-4-7-10-13-16-19-21-23-25-27-28-29-31-32-34-37-40-43-46-49-55(58)61-52-53(51-60-54(57)48-45-42-39-36-18-15-12-9-6-3)62-56(59)50-47-44-41-38-35-33-30-26-24-22-20-17-14-11-8-5-2/h7-12,16-20,23-26,36,42,45,53H,4-6,13-15,21-22,27-35,37-41,43-44,46-52H2,1-3H3/b10-7-,11-8-,12-9-,19-16-,20-17-,25-23-,26-24-,36-18-,45-42-. The molecule has 0 radical (unpaired) electrons. The topological polar surface area (TPSA) is 78.9 Å². The molecule has 0 N–H and O–H groups in total. The Morgan fingerprint density at radius 3 is 1.05 bits per heavy atom. The minimum absolute atomic E-state index is 0.115. The second-order valence-electron chi connectivity index (χ2n) is 15.9. The molecule has 0 amide bonds. The summed E-state index contributed by atoms with van der Waals surface area (Å²) >= 11 is 0. The monoisotopic (exact) mass is 859 g/mol. The number of unbranched alkanes of at least 4 members (excludes halogenated alkanes) is 15. The second kappa shape index (κ2) is 49.7. The van der Waals surface area contributed by atoms with E-state index < -0.39 is 12.1 Å². The minimum atomic E-state index is -0.823. The van der Waals surface area contributed by atoms with Crippen LogP contribution in [0.1, 0.15) is 207 Å². The molecule has 0 aliphatic heterocycles. The minimum Gasteiger partial charge on any atom is -0.462 e. The van der Waals surface area contributed by atoms with Crippen LogP contribution < -0.4 is 0 Å². The van der Waals surface area contributed by atoms with Crippen LogP contribution in [0.5, 0.6) is 0 Å². The summed E-state index contributed by atoms with van der Waals surface area (Å²) in [5.74, 6) is -1.07. The first-order valence-electron chi connectivity index (χ1n) is 24.9. The van der Waals surface area contributed by atoms with Crippen LogP contribution in [0.15, 0.2) is 109 Å². The SMILES string of the molecule is CC/C=C\C/C=C\C/C=C\CCCCCCCCCCCC(=O)OCC(COC(=O)C/C=C\C/C=C\C/C=C\CC)OC(=O)CCCCCCCC/C=C\C/C=C\C/C=C\CC. The van der Waals surface area contributed by atoms with Crippen molar-refractivity contribution in [3.05, 3.63) is 109 Å². The molecule has 0 rings (SSSR count). The maximum atomic E-state index is 12.8. The van der Waals surface area contributed by atoms with Crippen molar-refractivity contribution in [2.75, 3.05) is 13.2 Å². The van der Waals surface area contributed by atoms with Crippen LogP contribution in [0.4, 0.5) is 0 Å². The molecule has 0 spiro atoms. The van der Waals surface area contributed by atoms with Gasteiger partial charge in [-0.1, -0.05) is 201 Å². The molecule has 0 heterocycles. The van der Waals surface area contributed by atoms with Crippen molar-refractivity contribution in [2.45, 2.75) is 213 Å². The van der Waals surface area contributed by atoms with E-state index in [1.54, 1.807) is 6.08 Å². The summed E-state index contributed by atoms with van der Waals surface area (Å²) in [6.45, 7) is 6.17. The smallest absolute Gasteiger partial charge is 0.309 e. The Balaban J connectivity index is 4.40. The summed E-state index contributed by atoms with van der Waals surface area (Å²) < 4.78 is 16.6. The average molecular weight is 859 g/mol. The second-order valence-corrected chi connectivity index (χ2v) is 15.9. The van der Waals surface area contributed by atoms with Gasteiger partial charge >= 0.3 is 17.9 Å². The van der Waals surface area contributed by atoms with Gasteiger partial charge in [-0.15, -0.1) is 0 Å². The van der Waals surface area contributed by atoms with Crippen molar-refractivity contribution in [3.8, 4) is 0 Å². The van der Waals surface area contributed by atoms with Crippen LogP contribution in [-0.4, -0.2) is 37.2 Å². The Labute approximate surface area is 380 Å². The van der Waals surface area contributed by atoms with Crippen molar-refractivity contribution in [3.63, 3.8) is 0 Å². The fourth-order valence-corrected chi connectivity index (χ4v) is 6.41. The highest BCUT2D eigenvalue weighted by molar-refractivity contribution is 5.72. The lowest BCUT2D eigenvalue weighted by atomic mass is 10.1. The Bertz CT molecular complexity index is 1310. The van der Waals surface area contributed by atoms with E-state index >= 15 is 0 Å². The molecule has 62 heavy (non-hydrogen) atoms. The van der Waals surface area contributed by atoms with E-state index in [2.05, 4.69) is 118 Å². The van der Waals surface area contributed by atoms with Crippen molar-refractivity contribution >= 4 is 17.9 Å². The largest absolute Gasteiger partial charge is 0.462 e. The maximum absolute atomic E-state index is 12.8. The summed E-state index contributed by atoms with van der Waals surface area (Å²) in [6, 6.07) is 0. The Kier molecular flexibility index (Phi) is 46.6. The van der Waals surface area contributed by atoms with Gasteiger partial charge in [0.05, 0.1) is 6.42 Å². The van der Waals surface area contributed by atoms with Gasteiger partial charge in [0.2, 0.25) is 0 Å². The van der Waals surface area contributed by atoms with Crippen LogP contribution in [0, 0.1) is 0 Å². The predicted octanol–water partition coefficient (Wildman–Crippen LogP) is 16.4. The van der Waals surface area contributed by atoms with Crippen molar-refractivity contribution < 1.29 is 28.6 Å². The molecule has 0 bridgehead atoms. The van der Waals surface area contributed by atoms with Crippen molar-refractivity contribution in [1.82, 2.24) is 0 Å². The molecule has 0 saturated carbocycles. The highest BCUT2D eigenvalue weighted by Gasteiger charge is 2.19. The van der Waals surface area contributed by atoms with Crippen molar-refractivity contribution in [1.29, 1.82) is 0 Å². The number of hydrogen-bond donors (Lipinski definition) is 0. The number of esters is 3. The summed E-state index contributed by atoms with van der Waals surface area (Å²) in [5, 5.41) is 0. The highest BCUT2D eigenvalue weighted by atomic mass is 16.6. The lowest BCUT2D eigenvalue weighted by molar-refractivity contribution is -0.166. The molecule has 350 valence electrons. The molecule has 1 atom stereocenters. The zero-order valence-corrected chi connectivity index (χ0v) is 39.8. The third-order valence-electron chi connectivity index (χ3n) is 10.0. The van der Waals surface area contributed by atoms with Gasteiger partial charge in [0, 0.05) is 12.8 Å². The number of ether oxygens (including phenoxy) is 3. The summed E-state index contributed by atoms with van der Waals surface area (Å²) in [6.07, 6.45) is 66.8. The summed E-state index contributed by atoms with van der Waals surface area (Å²) in [5.41, 5.74) is 0. The summed E-state index contributed by atoms with van der Waals surface area (Å²) in [7, 11) is 0. The van der Waals surface area contributed by atoms with Gasteiger partial charge in [-0.25, -0.2) is 0 Å². The van der Waals surface area contributed by atoms with E-state index in [1.165, 1.54) is 51.4 Å². The molecule has 0 aliphatic rings. The first-order chi connectivity index (χ1) is 30.5. The van der Waals surface area contributed by atoms with E-state index in [-0.39, 0.29) is 31.6 Å². The predicted molar refractivity (Wildman–Crippen MR) is 265 cm³/mol. The van der Waals surface area contributed by atoms with Crippen LogP contribution in [0.2, 0.25) is 0 Å². The molecule has 0 aromatic carbocycles. The molecule has 0 fully saturated rings. The molecule has 6 heteroatoms. The van der Waals surface area contributed by atoms with E-state index in [1.807, 2.05) is 6.08 Å². The molecule has 6 nitrogen and oxygen atoms in total. The first kappa shape index (κ1) is 58.1. The number of allylic oxidation sites excluding steroid dienone is 17. The lowest BCUT2D eigenvalue weighted by Crippen LogP contribution is -2.30. The number of carbonyl (C=O) groups excluding carboxylic acids is 3. The van der Waals surface area contributed by atoms with Crippen LogP contribution in [0.3, 0.4) is 0 Å². The van der Waals surface area contributed by atoms with Crippen LogP contribution >= 0.6 is 0 Å². The number of carbonyl (C=O) groups is 3. The number of rotatable bonds is 43. The van der Waals surface area contributed by atoms with Gasteiger partial charge in [-0.3, -0.25) is 14.4 Å². The molecule has 0 saturated heterocycles. The first-order valence-corrected chi connectivity index (χ1v) is 24.9. The van der Waals surface area contributed by atoms with E-state index in [4.69, 9.17) is 14.2 Å². The Hall–Kier alpha value is -3.93. The summed E-state index contributed by atoms with van der Waals surface area (Å²) in [4.78, 5) is 37.8. The van der Waals surface area contributed by atoms with Gasteiger partial charge < -0.3 is 14.2 Å². The Morgan fingerprint density at radius 2 is 0.645 bits per heavy atom. The maximum Gasteiger partial charge on any atom is 0.309 e. The normalized spacial score (nSPS) is 13.0. The van der Waals surface area contributed by atoms with E-state index in [9.17, 15) is 14.4 Å². The van der Waals surface area contributed by atoms with Crippen molar-refractivity contribution in [2.24, 2.45) is 0 Å². The Morgan fingerprint density at radius 1 is 0.339 bits per heavy atom. The molecule has 0 aromatic rings. The van der Waals surface area contributed by atoms with Gasteiger partial charge in [-0.05, 0) is 96.3 Å². The fraction of sp³-hybridized carbons (Fsp3) is 0.625. The number of hydrogen-bond acceptors (Lipinski definition) is 6. The van der Waals surface area contributed by atoms with E-state index in [0.717, 1.165) is 116 Å². The molecular weight excluding hydrogens is 769 g/mol. The zero-order valence-electron chi connectivity index (χ0n) is 39.8.